The number of hydrogen-bond acceptors (Lipinski definition) is 4. The summed E-state index contributed by atoms with van der Waals surface area (Å²) < 4.78 is 0. The second-order valence-corrected chi connectivity index (χ2v) is 4.26. The van der Waals surface area contributed by atoms with Crippen molar-refractivity contribution in [3.05, 3.63) is 0 Å². The molecule has 82 valence electrons. The van der Waals surface area contributed by atoms with Gasteiger partial charge in [0.25, 0.3) is 0 Å². The van der Waals surface area contributed by atoms with E-state index in [1.807, 2.05) is 14.1 Å². The van der Waals surface area contributed by atoms with E-state index in [4.69, 9.17) is 11.1 Å². The Morgan fingerprint density at radius 1 is 1.64 bits per heavy atom. The van der Waals surface area contributed by atoms with Crippen molar-refractivity contribution in [2.24, 2.45) is 5.73 Å². The van der Waals surface area contributed by atoms with Gasteiger partial charge in [-0.15, -0.1) is 0 Å². The van der Waals surface area contributed by atoms with E-state index in [0.717, 1.165) is 13.0 Å². The van der Waals surface area contributed by atoms with E-state index >= 15 is 0 Å². The Labute approximate surface area is 85.0 Å². The summed E-state index contributed by atoms with van der Waals surface area (Å²) in [5.41, 5.74) is 5.36. The van der Waals surface area contributed by atoms with Crippen molar-refractivity contribution < 1.29 is 5.11 Å². The second kappa shape index (κ2) is 4.72. The van der Waals surface area contributed by atoms with Crippen molar-refractivity contribution >= 4 is 5.84 Å². The van der Waals surface area contributed by atoms with Crippen LogP contribution in [0.4, 0.5) is 0 Å². The highest BCUT2D eigenvalue weighted by atomic mass is 16.3. The van der Waals surface area contributed by atoms with Gasteiger partial charge in [0.15, 0.2) is 0 Å². The predicted octanol–water partition coefficient (Wildman–Crippen LogP) is -1.08. The molecule has 1 aliphatic rings. The molecule has 0 radical (unpaired) electrons. The smallest absolute Gasteiger partial charge is 0.105 e. The van der Waals surface area contributed by atoms with Crippen LogP contribution in [0.2, 0.25) is 0 Å². The maximum absolute atomic E-state index is 9.52. The summed E-state index contributed by atoms with van der Waals surface area (Å²) >= 11 is 0. The molecule has 0 aromatic rings. The van der Waals surface area contributed by atoms with Gasteiger partial charge in [0.05, 0.1) is 12.6 Å². The molecule has 0 spiro atoms. The fourth-order valence-electron chi connectivity index (χ4n) is 1.98. The average Bonchev–Trinajstić information content (AvgIpc) is 2.28. The van der Waals surface area contributed by atoms with Crippen LogP contribution >= 0.6 is 0 Å². The standard InChI is InChI=1S/C9H20N4O/c1-12(2)4-7-3-8(14)5-13(7)6-9(10)11/h7-8,14H,3-6H2,1-2H3,(H3,10,11). The van der Waals surface area contributed by atoms with Crippen molar-refractivity contribution in [2.45, 2.75) is 18.6 Å². The number of aliphatic hydroxyl groups excluding tert-OH is 1. The SMILES string of the molecule is CN(C)CC1CC(O)CN1CC(=N)N. The van der Waals surface area contributed by atoms with Crippen molar-refractivity contribution in [3.8, 4) is 0 Å². The topological polar surface area (TPSA) is 76.6 Å². The fraction of sp³-hybridized carbons (Fsp3) is 0.889. The lowest BCUT2D eigenvalue weighted by Crippen LogP contribution is -2.41. The monoisotopic (exact) mass is 200 g/mol. The van der Waals surface area contributed by atoms with Gasteiger partial charge in [0, 0.05) is 19.1 Å². The number of likely N-dealkylation sites (N-methyl/N-ethyl adjacent to an activating group) is 1. The number of hydrogen-bond donors (Lipinski definition) is 3. The van der Waals surface area contributed by atoms with Crippen molar-refractivity contribution in [1.29, 1.82) is 5.41 Å². The molecule has 2 atom stereocenters. The normalized spacial score (nSPS) is 28.6. The van der Waals surface area contributed by atoms with E-state index in [1.165, 1.54) is 0 Å². The van der Waals surface area contributed by atoms with E-state index in [2.05, 4.69) is 9.80 Å². The predicted molar refractivity (Wildman–Crippen MR) is 56.5 cm³/mol. The number of amidine groups is 1. The van der Waals surface area contributed by atoms with Gasteiger partial charge in [-0.1, -0.05) is 0 Å². The molecule has 0 bridgehead atoms. The maximum Gasteiger partial charge on any atom is 0.105 e. The lowest BCUT2D eigenvalue weighted by molar-refractivity contribution is 0.180. The summed E-state index contributed by atoms with van der Waals surface area (Å²) in [7, 11) is 4.02. The molecule has 1 aliphatic heterocycles. The lowest BCUT2D eigenvalue weighted by atomic mass is 10.2. The Balaban J connectivity index is 2.49. The zero-order chi connectivity index (χ0) is 10.7. The summed E-state index contributed by atoms with van der Waals surface area (Å²) in [6.45, 7) is 2.01. The minimum atomic E-state index is -0.265. The number of nitrogens with one attached hydrogen (secondary N) is 1. The van der Waals surface area contributed by atoms with Crippen LogP contribution < -0.4 is 5.73 Å². The first-order valence-electron chi connectivity index (χ1n) is 4.88. The zero-order valence-electron chi connectivity index (χ0n) is 8.90. The molecule has 4 N–H and O–H groups in total. The van der Waals surface area contributed by atoms with Crippen molar-refractivity contribution in [1.82, 2.24) is 9.80 Å². The van der Waals surface area contributed by atoms with E-state index < -0.39 is 0 Å². The summed E-state index contributed by atoms with van der Waals surface area (Å²) in [5.74, 6) is 0.169. The van der Waals surface area contributed by atoms with Crippen LogP contribution in [0.5, 0.6) is 0 Å². The third-order valence-corrected chi connectivity index (χ3v) is 2.46. The zero-order valence-corrected chi connectivity index (χ0v) is 8.90. The molecule has 1 heterocycles. The van der Waals surface area contributed by atoms with Gasteiger partial charge in [0.2, 0.25) is 0 Å². The summed E-state index contributed by atoms with van der Waals surface area (Å²) in [6, 6.07) is 0.323. The van der Waals surface area contributed by atoms with Crippen molar-refractivity contribution in [2.75, 3.05) is 33.7 Å². The molecule has 1 rings (SSSR count). The molecule has 14 heavy (non-hydrogen) atoms. The molecule has 1 fully saturated rings. The summed E-state index contributed by atoms with van der Waals surface area (Å²) in [6.07, 6.45) is 0.519. The number of nitrogens with two attached hydrogens (primary N) is 1. The molecule has 5 heteroatoms. The van der Waals surface area contributed by atoms with Crippen molar-refractivity contribution in [3.63, 3.8) is 0 Å². The fourth-order valence-corrected chi connectivity index (χ4v) is 1.98. The molecule has 0 aromatic heterocycles. The number of likely N-dealkylation sites (tertiary alicyclic amines) is 1. The van der Waals surface area contributed by atoms with Gasteiger partial charge in [-0.2, -0.15) is 0 Å². The molecule has 0 saturated carbocycles. The number of aliphatic hydroxyl groups is 1. The first-order chi connectivity index (χ1) is 6.49. The summed E-state index contributed by atoms with van der Waals surface area (Å²) in [5, 5.41) is 16.8. The van der Waals surface area contributed by atoms with Crippen LogP contribution in [-0.2, 0) is 0 Å². The van der Waals surface area contributed by atoms with Gasteiger partial charge in [-0.3, -0.25) is 10.3 Å². The van der Waals surface area contributed by atoms with Crippen LogP contribution in [0.3, 0.4) is 0 Å². The first kappa shape index (κ1) is 11.4. The Kier molecular flexibility index (Phi) is 3.86. The van der Waals surface area contributed by atoms with Crippen LogP contribution in [0, 0.1) is 5.41 Å². The third-order valence-electron chi connectivity index (χ3n) is 2.46. The van der Waals surface area contributed by atoms with Gasteiger partial charge in [0.1, 0.15) is 5.84 Å². The Morgan fingerprint density at radius 2 is 2.29 bits per heavy atom. The Morgan fingerprint density at radius 3 is 2.79 bits per heavy atom. The second-order valence-electron chi connectivity index (χ2n) is 4.26. The molecule has 1 saturated heterocycles. The van der Waals surface area contributed by atoms with Gasteiger partial charge in [-0.05, 0) is 20.5 Å². The molecule has 0 aromatic carbocycles. The van der Waals surface area contributed by atoms with Gasteiger partial charge in [-0.25, -0.2) is 0 Å². The minimum Gasteiger partial charge on any atom is -0.392 e. The summed E-state index contributed by atoms with van der Waals surface area (Å²) in [4.78, 5) is 4.17. The highest BCUT2D eigenvalue weighted by Gasteiger charge is 2.31. The van der Waals surface area contributed by atoms with Gasteiger partial charge >= 0.3 is 0 Å². The quantitative estimate of drug-likeness (QED) is 0.398. The van der Waals surface area contributed by atoms with Gasteiger partial charge < -0.3 is 15.7 Å². The Bertz CT molecular complexity index is 207. The van der Waals surface area contributed by atoms with Crippen LogP contribution in [0.25, 0.3) is 0 Å². The lowest BCUT2D eigenvalue weighted by Gasteiger charge is -2.25. The Hall–Kier alpha value is -0.650. The van der Waals surface area contributed by atoms with E-state index in [-0.39, 0.29) is 11.9 Å². The largest absolute Gasteiger partial charge is 0.392 e. The molecule has 0 amide bonds. The highest BCUT2D eigenvalue weighted by molar-refractivity contribution is 5.79. The average molecular weight is 200 g/mol. The number of rotatable bonds is 4. The van der Waals surface area contributed by atoms with E-state index in [0.29, 0.717) is 19.1 Å². The molecular formula is C9H20N4O. The highest BCUT2D eigenvalue weighted by Crippen LogP contribution is 2.17. The first-order valence-corrected chi connectivity index (χ1v) is 4.88. The van der Waals surface area contributed by atoms with Crippen LogP contribution in [-0.4, -0.2) is 66.6 Å². The maximum atomic E-state index is 9.52. The number of β-amino-alcohol motifs (C(OH)–C–C–N with tert-alkyl or cyclic N) is 1. The van der Waals surface area contributed by atoms with Crippen LogP contribution in [0.15, 0.2) is 0 Å². The van der Waals surface area contributed by atoms with E-state index in [1.54, 1.807) is 0 Å². The van der Waals surface area contributed by atoms with E-state index in [9.17, 15) is 5.11 Å². The molecule has 0 aliphatic carbocycles. The third kappa shape index (κ3) is 3.25. The van der Waals surface area contributed by atoms with Crippen LogP contribution in [0.1, 0.15) is 6.42 Å². The minimum absolute atomic E-state index is 0.169. The number of nitrogens with zero attached hydrogens (tertiary/aromatic N) is 2. The molecule has 5 nitrogen and oxygen atoms in total. The molecular weight excluding hydrogens is 180 g/mol. The molecule has 2 unspecified atom stereocenters.